The second-order valence-electron chi connectivity index (χ2n) is 4.24. The molecule has 0 aliphatic carbocycles. The van der Waals surface area contributed by atoms with Crippen LogP contribution >= 0.6 is 0 Å². The van der Waals surface area contributed by atoms with Gasteiger partial charge in [0.1, 0.15) is 17.4 Å². The molecule has 1 saturated heterocycles. The van der Waals surface area contributed by atoms with Gasteiger partial charge >= 0.3 is 5.69 Å². The van der Waals surface area contributed by atoms with Crippen molar-refractivity contribution in [1.29, 1.82) is 0 Å². The summed E-state index contributed by atoms with van der Waals surface area (Å²) >= 11 is 0. The third-order valence-electron chi connectivity index (χ3n) is 3.16. The summed E-state index contributed by atoms with van der Waals surface area (Å²) in [5, 5.41) is 13.9. The van der Waals surface area contributed by atoms with Gasteiger partial charge in [-0.2, -0.15) is 0 Å². The van der Waals surface area contributed by atoms with Crippen LogP contribution in [0.15, 0.2) is 18.2 Å². The molecule has 1 aliphatic heterocycles. The number of piperazine rings is 1. The van der Waals surface area contributed by atoms with Crippen molar-refractivity contribution in [2.75, 3.05) is 23.4 Å². The van der Waals surface area contributed by atoms with Crippen LogP contribution in [0, 0.1) is 10.1 Å². The zero-order chi connectivity index (χ0) is 14.0. The second-order valence-corrected chi connectivity index (χ2v) is 4.24. The number of nitrogens with one attached hydrogen (secondary N) is 2. The Bertz CT molecular complexity index is 519. The molecular formula is C11H15N5O3. The fourth-order valence-corrected chi connectivity index (χ4v) is 2.18. The molecule has 0 bridgehead atoms. The van der Waals surface area contributed by atoms with Crippen LogP contribution in [-0.2, 0) is 4.79 Å². The van der Waals surface area contributed by atoms with Gasteiger partial charge in [-0.15, -0.1) is 0 Å². The zero-order valence-corrected chi connectivity index (χ0v) is 10.4. The standard InChI is InChI=1S/C11H15N5O3/c1-7-11(17)13-5-6-15(7)9-4-2-3-8(14-12)10(9)16(18)19/h2-4,7,14H,5-6,12H2,1H3,(H,13,17). The van der Waals surface area contributed by atoms with E-state index in [1.807, 2.05) is 0 Å². The summed E-state index contributed by atoms with van der Waals surface area (Å²) in [4.78, 5) is 24.1. The molecule has 1 amide bonds. The quantitative estimate of drug-likeness (QED) is 0.409. The molecule has 1 aliphatic rings. The highest BCUT2D eigenvalue weighted by Gasteiger charge is 2.31. The van der Waals surface area contributed by atoms with E-state index in [4.69, 9.17) is 5.84 Å². The molecule has 0 spiro atoms. The Morgan fingerprint density at radius 3 is 2.95 bits per heavy atom. The summed E-state index contributed by atoms with van der Waals surface area (Å²) in [5.41, 5.74) is 2.81. The van der Waals surface area contributed by atoms with Crippen molar-refractivity contribution in [3.63, 3.8) is 0 Å². The van der Waals surface area contributed by atoms with E-state index in [1.165, 1.54) is 6.07 Å². The van der Waals surface area contributed by atoms with Gasteiger partial charge in [0.2, 0.25) is 5.91 Å². The summed E-state index contributed by atoms with van der Waals surface area (Å²) in [6.07, 6.45) is 0. The van der Waals surface area contributed by atoms with Crippen molar-refractivity contribution in [2.45, 2.75) is 13.0 Å². The monoisotopic (exact) mass is 265 g/mol. The van der Waals surface area contributed by atoms with Crippen molar-refractivity contribution in [3.05, 3.63) is 28.3 Å². The van der Waals surface area contributed by atoms with Crippen LogP contribution < -0.4 is 21.5 Å². The third-order valence-corrected chi connectivity index (χ3v) is 3.16. The average Bonchev–Trinajstić information content (AvgIpc) is 2.40. The smallest absolute Gasteiger partial charge is 0.316 e. The van der Waals surface area contributed by atoms with E-state index in [0.717, 1.165) is 0 Å². The van der Waals surface area contributed by atoms with Crippen LogP contribution in [0.1, 0.15) is 6.92 Å². The third kappa shape index (κ3) is 2.29. The number of hydrogen-bond donors (Lipinski definition) is 3. The zero-order valence-electron chi connectivity index (χ0n) is 10.4. The molecule has 8 heteroatoms. The average molecular weight is 265 g/mol. The number of anilines is 2. The molecule has 1 fully saturated rings. The number of para-hydroxylation sites is 1. The molecular weight excluding hydrogens is 250 g/mol. The molecule has 0 saturated carbocycles. The number of rotatable bonds is 3. The molecule has 1 unspecified atom stereocenters. The topological polar surface area (TPSA) is 114 Å². The number of benzene rings is 1. The Kier molecular flexibility index (Phi) is 3.52. The molecule has 0 aromatic heterocycles. The number of carbonyl (C=O) groups is 1. The molecule has 0 radical (unpaired) electrons. The number of carbonyl (C=O) groups excluding carboxylic acids is 1. The first-order chi connectivity index (χ1) is 9.06. The summed E-state index contributed by atoms with van der Waals surface area (Å²) in [7, 11) is 0. The largest absolute Gasteiger partial charge is 0.353 e. The molecule has 1 aromatic carbocycles. The first-order valence-corrected chi connectivity index (χ1v) is 5.84. The van der Waals surface area contributed by atoms with E-state index in [9.17, 15) is 14.9 Å². The van der Waals surface area contributed by atoms with Crippen LogP contribution in [-0.4, -0.2) is 30.0 Å². The van der Waals surface area contributed by atoms with Gasteiger partial charge in [-0.3, -0.25) is 20.8 Å². The summed E-state index contributed by atoms with van der Waals surface area (Å²) < 4.78 is 0. The highest BCUT2D eigenvalue weighted by molar-refractivity contribution is 5.88. The normalized spacial score (nSPS) is 18.9. The molecule has 2 rings (SSSR count). The summed E-state index contributed by atoms with van der Waals surface area (Å²) in [5.74, 6) is 5.15. The highest BCUT2D eigenvalue weighted by atomic mass is 16.6. The maximum absolute atomic E-state index is 11.7. The minimum atomic E-state index is -0.496. The summed E-state index contributed by atoms with van der Waals surface area (Å²) in [6.45, 7) is 2.68. The van der Waals surface area contributed by atoms with Gasteiger partial charge in [0.25, 0.3) is 0 Å². The number of nitrogens with zero attached hydrogens (tertiary/aromatic N) is 2. The van der Waals surface area contributed by atoms with Crippen LogP contribution in [0.25, 0.3) is 0 Å². The lowest BCUT2D eigenvalue weighted by Gasteiger charge is -2.34. The maximum Gasteiger partial charge on any atom is 0.316 e. The fraction of sp³-hybridized carbons (Fsp3) is 0.364. The molecule has 1 atom stereocenters. The first kappa shape index (κ1) is 13.1. The number of hydrogen-bond acceptors (Lipinski definition) is 6. The van der Waals surface area contributed by atoms with Crippen LogP contribution in [0.4, 0.5) is 17.1 Å². The van der Waals surface area contributed by atoms with Crippen molar-refractivity contribution < 1.29 is 9.72 Å². The second kappa shape index (κ2) is 5.11. The lowest BCUT2D eigenvalue weighted by molar-refractivity contribution is -0.383. The Morgan fingerprint density at radius 2 is 2.32 bits per heavy atom. The van der Waals surface area contributed by atoms with Gasteiger partial charge in [-0.1, -0.05) is 6.07 Å². The lowest BCUT2D eigenvalue weighted by atomic mass is 10.1. The van der Waals surface area contributed by atoms with Crippen molar-refractivity contribution in [2.24, 2.45) is 5.84 Å². The SMILES string of the molecule is CC1C(=O)NCCN1c1cccc(NN)c1[N+](=O)[O-]. The Morgan fingerprint density at radius 1 is 1.58 bits per heavy atom. The van der Waals surface area contributed by atoms with Gasteiger partial charge in [-0.25, -0.2) is 0 Å². The van der Waals surface area contributed by atoms with Gasteiger partial charge in [-0.05, 0) is 19.1 Å². The predicted molar refractivity (Wildman–Crippen MR) is 70.7 cm³/mol. The maximum atomic E-state index is 11.7. The first-order valence-electron chi connectivity index (χ1n) is 5.84. The van der Waals surface area contributed by atoms with Gasteiger partial charge < -0.3 is 15.6 Å². The Hall–Kier alpha value is -2.35. The molecule has 19 heavy (non-hydrogen) atoms. The minimum absolute atomic E-state index is 0.119. The van der Waals surface area contributed by atoms with Crippen molar-refractivity contribution in [3.8, 4) is 0 Å². The van der Waals surface area contributed by atoms with Gasteiger partial charge in [0.05, 0.1) is 4.92 Å². The molecule has 102 valence electrons. The number of nitro groups is 1. The molecule has 1 heterocycles. The van der Waals surface area contributed by atoms with E-state index < -0.39 is 11.0 Å². The van der Waals surface area contributed by atoms with E-state index in [1.54, 1.807) is 24.0 Å². The van der Waals surface area contributed by atoms with E-state index in [0.29, 0.717) is 18.8 Å². The summed E-state index contributed by atoms with van der Waals surface area (Å²) in [6, 6.07) is 4.35. The van der Waals surface area contributed by atoms with E-state index in [-0.39, 0.29) is 17.3 Å². The minimum Gasteiger partial charge on any atom is -0.353 e. The van der Waals surface area contributed by atoms with Crippen molar-refractivity contribution >= 4 is 23.0 Å². The molecule has 8 nitrogen and oxygen atoms in total. The van der Waals surface area contributed by atoms with Gasteiger partial charge in [0.15, 0.2) is 0 Å². The Labute approximate surface area is 109 Å². The lowest BCUT2D eigenvalue weighted by Crippen LogP contribution is -2.54. The van der Waals surface area contributed by atoms with Crippen LogP contribution in [0.2, 0.25) is 0 Å². The van der Waals surface area contributed by atoms with Crippen molar-refractivity contribution in [1.82, 2.24) is 5.32 Å². The number of nitro benzene ring substituents is 1. The number of nitrogen functional groups attached to an aromatic ring is 1. The predicted octanol–water partition coefficient (Wildman–Crippen LogP) is 0.205. The number of amides is 1. The van der Waals surface area contributed by atoms with Crippen LogP contribution in [0.5, 0.6) is 0 Å². The number of hydrazine groups is 1. The van der Waals surface area contributed by atoms with E-state index >= 15 is 0 Å². The highest BCUT2D eigenvalue weighted by Crippen LogP contribution is 2.36. The van der Waals surface area contributed by atoms with E-state index in [2.05, 4.69) is 10.7 Å². The van der Waals surface area contributed by atoms with Crippen LogP contribution in [0.3, 0.4) is 0 Å². The number of nitrogens with two attached hydrogens (primary N) is 1. The molecule has 4 N–H and O–H groups in total. The molecule has 1 aromatic rings. The Balaban J connectivity index is 2.49. The van der Waals surface area contributed by atoms with Gasteiger partial charge in [0, 0.05) is 13.1 Å². The fourth-order valence-electron chi connectivity index (χ4n) is 2.18.